The normalized spacial score (nSPS) is 10.5. The Bertz CT molecular complexity index is 781. The number of hydrogen-bond donors (Lipinski definition) is 1. The number of aromatic hydroxyl groups is 1. The van der Waals surface area contributed by atoms with E-state index in [4.69, 9.17) is 9.47 Å². The number of phenolic OH excluding ortho intramolecular Hbond substituents is 1. The smallest absolute Gasteiger partial charge is 0.342 e. The van der Waals surface area contributed by atoms with E-state index in [0.717, 1.165) is 0 Å². The zero-order valence-electron chi connectivity index (χ0n) is 14.3. The fraction of sp³-hybridized carbons (Fsp3) is 0.333. The van der Waals surface area contributed by atoms with Crippen molar-refractivity contribution < 1.29 is 24.2 Å². The Balaban J connectivity index is 3.05. The lowest BCUT2D eigenvalue weighted by atomic mass is 9.95. The highest BCUT2D eigenvalue weighted by Gasteiger charge is 2.31. The van der Waals surface area contributed by atoms with Gasteiger partial charge in [-0.15, -0.1) is 0 Å². The fourth-order valence-corrected chi connectivity index (χ4v) is 2.87. The van der Waals surface area contributed by atoms with Gasteiger partial charge in [-0.25, -0.2) is 9.59 Å². The molecular formula is C18H21NO5. The molecule has 0 aliphatic carbocycles. The van der Waals surface area contributed by atoms with Crippen LogP contribution in [-0.2, 0) is 9.47 Å². The summed E-state index contributed by atoms with van der Waals surface area (Å²) >= 11 is 0. The molecule has 2 aromatic rings. The molecule has 0 saturated carbocycles. The molecule has 0 aliphatic heterocycles. The van der Waals surface area contributed by atoms with Gasteiger partial charge in [-0.2, -0.15) is 0 Å². The van der Waals surface area contributed by atoms with E-state index in [0.29, 0.717) is 29.5 Å². The van der Waals surface area contributed by atoms with Crippen molar-refractivity contribution in [1.29, 1.82) is 0 Å². The van der Waals surface area contributed by atoms with Crippen LogP contribution in [0, 0.1) is 0 Å². The zero-order valence-corrected chi connectivity index (χ0v) is 14.3. The highest BCUT2D eigenvalue weighted by molar-refractivity contribution is 6.17. The summed E-state index contributed by atoms with van der Waals surface area (Å²) in [5.41, 5.74) is 0.398. The molecule has 0 atom stereocenters. The number of ether oxygens (including phenoxy) is 2. The summed E-state index contributed by atoms with van der Waals surface area (Å²) < 4.78 is 9.65. The molecule has 2 aromatic carbocycles. The molecule has 0 heterocycles. The number of hydrogen-bond acceptors (Lipinski definition) is 6. The molecule has 24 heavy (non-hydrogen) atoms. The molecule has 6 heteroatoms. The van der Waals surface area contributed by atoms with Gasteiger partial charge in [0.25, 0.3) is 0 Å². The molecule has 0 amide bonds. The van der Waals surface area contributed by atoms with Gasteiger partial charge in [-0.1, -0.05) is 24.3 Å². The number of esters is 2. The third-order valence-electron chi connectivity index (χ3n) is 4.02. The minimum absolute atomic E-state index is 0.0178. The van der Waals surface area contributed by atoms with Gasteiger partial charge >= 0.3 is 11.9 Å². The van der Waals surface area contributed by atoms with E-state index < -0.39 is 11.9 Å². The van der Waals surface area contributed by atoms with Crippen molar-refractivity contribution >= 4 is 28.4 Å². The first-order valence-corrected chi connectivity index (χ1v) is 7.70. The molecule has 0 aliphatic rings. The fourth-order valence-electron chi connectivity index (χ4n) is 2.87. The van der Waals surface area contributed by atoms with Gasteiger partial charge in [-0.05, 0) is 13.8 Å². The summed E-state index contributed by atoms with van der Waals surface area (Å²) in [5.74, 6) is -1.76. The Kier molecular flexibility index (Phi) is 5.28. The Morgan fingerprint density at radius 1 is 0.958 bits per heavy atom. The summed E-state index contributed by atoms with van der Waals surface area (Å²) in [4.78, 5) is 26.6. The third kappa shape index (κ3) is 2.75. The molecular weight excluding hydrogens is 310 g/mol. The SMILES string of the molecule is CCN(CC)c1c(C(=O)OC)c(C(=O)OC)c(O)c2ccccc12. The maximum Gasteiger partial charge on any atom is 0.342 e. The van der Waals surface area contributed by atoms with Crippen LogP contribution >= 0.6 is 0 Å². The Hall–Kier alpha value is -2.76. The number of rotatable bonds is 5. The minimum atomic E-state index is -0.785. The van der Waals surface area contributed by atoms with Crippen molar-refractivity contribution in [2.45, 2.75) is 13.8 Å². The first kappa shape index (κ1) is 17.6. The molecule has 0 saturated heterocycles. The van der Waals surface area contributed by atoms with E-state index in [-0.39, 0.29) is 16.9 Å². The van der Waals surface area contributed by atoms with Crippen molar-refractivity contribution in [3.63, 3.8) is 0 Å². The highest BCUT2D eigenvalue weighted by atomic mass is 16.5. The monoisotopic (exact) mass is 331 g/mol. The molecule has 2 rings (SSSR count). The van der Waals surface area contributed by atoms with Gasteiger partial charge < -0.3 is 19.5 Å². The molecule has 1 N–H and O–H groups in total. The van der Waals surface area contributed by atoms with Crippen LogP contribution in [0.5, 0.6) is 5.75 Å². The number of carbonyl (C=O) groups excluding carboxylic acids is 2. The van der Waals surface area contributed by atoms with Crippen LogP contribution in [-0.4, -0.2) is 44.4 Å². The van der Waals surface area contributed by atoms with Crippen molar-refractivity contribution in [3.05, 3.63) is 35.4 Å². The topological polar surface area (TPSA) is 76.1 Å². The van der Waals surface area contributed by atoms with E-state index >= 15 is 0 Å². The van der Waals surface area contributed by atoms with Crippen LogP contribution in [0.15, 0.2) is 24.3 Å². The van der Waals surface area contributed by atoms with Crippen LogP contribution in [0.3, 0.4) is 0 Å². The highest BCUT2D eigenvalue weighted by Crippen LogP contribution is 2.41. The Morgan fingerprint density at radius 2 is 1.46 bits per heavy atom. The van der Waals surface area contributed by atoms with Crippen LogP contribution in [0.25, 0.3) is 10.8 Å². The van der Waals surface area contributed by atoms with Gasteiger partial charge in [0.1, 0.15) is 16.9 Å². The van der Waals surface area contributed by atoms with Crippen LogP contribution in [0.4, 0.5) is 5.69 Å². The lowest BCUT2D eigenvalue weighted by Gasteiger charge is -2.27. The summed E-state index contributed by atoms with van der Waals surface area (Å²) in [6.45, 7) is 5.14. The number of anilines is 1. The van der Waals surface area contributed by atoms with Gasteiger partial charge in [0, 0.05) is 23.9 Å². The predicted octanol–water partition coefficient (Wildman–Crippen LogP) is 2.96. The van der Waals surface area contributed by atoms with Crippen molar-refractivity contribution in [2.75, 3.05) is 32.2 Å². The summed E-state index contributed by atoms with van der Waals surface area (Å²) in [7, 11) is 2.44. The summed E-state index contributed by atoms with van der Waals surface area (Å²) in [6.07, 6.45) is 0. The third-order valence-corrected chi connectivity index (χ3v) is 4.02. The Morgan fingerprint density at radius 3 is 1.96 bits per heavy atom. The predicted molar refractivity (Wildman–Crippen MR) is 91.9 cm³/mol. The second kappa shape index (κ2) is 7.21. The standard InChI is InChI=1S/C18H21NO5/c1-5-19(6-2)15-11-9-7-8-10-12(11)16(20)14(18(22)24-4)13(15)17(21)23-3/h7-10,20H,5-6H2,1-4H3. The molecule has 128 valence electrons. The molecule has 0 spiro atoms. The van der Waals surface area contributed by atoms with E-state index in [1.54, 1.807) is 18.2 Å². The van der Waals surface area contributed by atoms with Gasteiger partial charge in [0.15, 0.2) is 0 Å². The minimum Gasteiger partial charge on any atom is -0.506 e. The van der Waals surface area contributed by atoms with Crippen molar-refractivity contribution in [1.82, 2.24) is 0 Å². The largest absolute Gasteiger partial charge is 0.506 e. The van der Waals surface area contributed by atoms with Crippen LogP contribution in [0.2, 0.25) is 0 Å². The second-order valence-electron chi connectivity index (χ2n) is 5.15. The second-order valence-corrected chi connectivity index (χ2v) is 5.15. The van der Waals surface area contributed by atoms with E-state index in [9.17, 15) is 14.7 Å². The first-order chi connectivity index (χ1) is 11.5. The molecule has 0 unspecified atom stereocenters. The van der Waals surface area contributed by atoms with Gasteiger partial charge in [-0.3, -0.25) is 0 Å². The zero-order chi connectivity index (χ0) is 17.9. The number of carbonyl (C=O) groups is 2. The van der Waals surface area contributed by atoms with E-state index in [2.05, 4.69) is 0 Å². The Labute approximate surface area is 140 Å². The van der Waals surface area contributed by atoms with Gasteiger partial charge in [0.05, 0.1) is 19.9 Å². The molecule has 0 radical (unpaired) electrons. The average Bonchev–Trinajstić information content (AvgIpc) is 2.62. The maximum absolute atomic E-state index is 12.4. The van der Waals surface area contributed by atoms with Crippen LogP contribution in [0.1, 0.15) is 34.6 Å². The number of methoxy groups -OCH3 is 2. The number of fused-ring (bicyclic) bond motifs is 1. The van der Waals surface area contributed by atoms with E-state index in [1.807, 2.05) is 24.8 Å². The molecule has 0 fully saturated rings. The molecule has 6 nitrogen and oxygen atoms in total. The first-order valence-electron chi connectivity index (χ1n) is 7.70. The number of phenols is 1. The average molecular weight is 331 g/mol. The summed E-state index contributed by atoms with van der Waals surface area (Å²) in [5, 5.41) is 11.8. The molecule has 0 aromatic heterocycles. The quantitative estimate of drug-likeness (QED) is 0.849. The molecule has 0 bridgehead atoms. The van der Waals surface area contributed by atoms with Crippen molar-refractivity contribution in [3.8, 4) is 5.75 Å². The summed E-state index contributed by atoms with van der Waals surface area (Å²) in [6, 6.07) is 7.07. The lowest BCUT2D eigenvalue weighted by Crippen LogP contribution is -2.26. The van der Waals surface area contributed by atoms with Crippen molar-refractivity contribution in [2.24, 2.45) is 0 Å². The van der Waals surface area contributed by atoms with Gasteiger partial charge in [0.2, 0.25) is 0 Å². The van der Waals surface area contributed by atoms with E-state index in [1.165, 1.54) is 14.2 Å². The van der Waals surface area contributed by atoms with Crippen LogP contribution < -0.4 is 4.90 Å². The number of benzene rings is 2. The number of nitrogens with zero attached hydrogens (tertiary/aromatic N) is 1. The maximum atomic E-state index is 12.4. The lowest BCUT2D eigenvalue weighted by molar-refractivity contribution is 0.0553.